The maximum Gasteiger partial charge on any atom is 0.266 e. The minimum absolute atomic E-state index is 0.140. The number of benzene rings is 1. The van der Waals surface area contributed by atoms with Gasteiger partial charge in [0.25, 0.3) is 5.91 Å². The third-order valence-electron chi connectivity index (χ3n) is 2.19. The van der Waals surface area contributed by atoms with Crippen molar-refractivity contribution in [1.82, 2.24) is 10.9 Å². The second kappa shape index (κ2) is 5.83. The zero-order chi connectivity index (χ0) is 12.1. The molecule has 0 radical (unpaired) electrons. The van der Waals surface area contributed by atoms with Gasteiger partial charge in [0.2, 0.25) is 0 Å². The maximum atomic E-state index is 11.8. The van der Waals surface area contributed by atoms with Crippen molar-refractivity contribution in [2.24, 2.45) is 0 Å². The molecule has 0 unspecified atom stereocenters. The van der Waals surface area contributed by atoms with Gasteiger partial charge in [0.05, 0.1) is 18.1 Å². The molecule has 88 valence electrons. The number of carbonyl (C=O) groups excluding carboxylic acids is 1. The molecule has 0 aliphatic carbocycles. The molecule has 0 fully saturated rings. The Balaban J connectivity index is 1.88. The molecule has 1 aromatic heterocycles. The topological polar surface area (TPSA) is 54.3 Å². The van der Waals surface area contributed by atoms with Crippen LogP contribution < -0.4 is 10.9 Å². The lowest BCUT2D eigenvalue weighted by Gasteiger charge is -2.07. The molecule has 2 rings (SSSR count). The molecule has 0 atom stereocenters. The zero-order valence-corrected chi connectivity index (χ0v) is 11.1. The maximum absolute atomic E-state index is 11.8. The molecule has 0 aliphatic rings. The van der Waals surface area contributed by atoms with Crippen molar-refractivity contribution in [3.63, 3.8) is 0 Å². The van der Waals surface area contributed by atoms with E-state index in [0.717, 1.165) is 9.13 Å². The van der Waals surface area contributed by atoms with Crippen LogP contribution in [0.15, 0.2) is 47.3 Å². The van der Waals surface area contributed by atoms with Gasteiger partial charge < -0.3 is 4.42 Å². The van der Waals surface area contributed by atoms with Crippen molar-refractivity contribution in [2.75, 3.05) is 0 Å². The highest BCUT2D eigenvalue weighted by atomic mass is 127. The molecule has 5 heteroatoms. The quantitative estimate of drug-likeness (QED) is 0.662. The highest BCUT2D eigenvalue weighted by Crippen LogP contribution is 2.10. The van der Waals surface area contributed by atoms with Crippen LogP contribution in [0.2, 0.25) is 0 Å². The monoisotopic (exact) mass is 342 g/mol. The molecule has 17 heavy (non-hydrogen) atoms. The molecule has 0 spiro atoms. The fraction of sp³-hybridized carbons (Fsp3) is 0.0833. The summed E-state index contributed by atoms with van der Waals surface area (Å²) in [5.41, 5.74) is 7.13. The lowest BCUT2D eigenvalue weighted by Crippen LogP contribution is -2.37. The van der Waals surface area contributed by atoms with Gasteiger partial charge >= 0.3 is 0 Å². The van der Waals surface area contributed by atoms with E-state index in [9.17, 15) is 4.79 Å². The van der Waals surface area contributed by atoms with E-state index in [1.165, 1.54) is 0 Å². The number of furan rings is 1. The van der Waals surface area contributed by atoms with Crippen molar-refractivity contribution in [1.29, 1.82) is 0 Å². The molecule has 0 aliphatic heterocycles. The second-order valence-corrected chi connectivity index (χ2v) is 4.58. The standard InChI is InChI=1S/C12H11IN2O2/c13-11-4-2-1-3-10(11)12(16)15-14-7-9-5-6-17-8-9/h1-6,8,14H,7H2,(H,15,16). The molecule has 2 N–H and O–H groups in total. The smallest absolute Gasteiger partial charge is 0.266 e. The average molecular weight is 342 g/mol. The van der Waals surface area contributed by atoms with Crippen LogP contribution in [-0.4, -0.2) is 5.91 Å². The van der Waals surface area contributed by atoms with E-state index >= 15 is 0 Å². The molecule has 0 saturated heterocycles. The van der Waals surface area contributed by atoms with Gasteiger partial charge in [-0.05, 0) is 40.8 Å². The first kappa shape index (κ1) is 12.1. The van der Waals surface area contributed by atoms with Gasteiger partial charge in [-0.2, -0.15) is 0 Å². The molecule has 0 bridgehead atoms. The molecular weight excluding hydrogens is 331 g/mol. The summed E-state index contributed by atoms with van der Waals surface area (Å²) < 4.78 is 5.85. The molecular formula is C12H11IN2O2. The van der Waals surface area contributed by atoms with E-state index < -0.39 is 0 Å². The minimum atomic E-state index is -0.140. The molecule has 1 amide bonds. The van der Waals surface area contributed by atoms with Gasteiger partial charge in [-0.1, -0.05) is 12.1 Å². The molecule has 1 aromatic carbocycles. The van der Waals surface area contributed by atoms with Gasteiger partial charge in [-0.3, -0.25) is 10.2 Å². The van der Waals surface area contributed by atoms with E-state index in [1.54, 1.807) is 18.6 Å². The Morgan fingerprint density at radius 3 is 2.82 bits per heavy atom. The highest BCUT2D eigenvalue weighted by molar-refractivity contribution is 14.1. The van der Waals surface area contributed by atoms with Crippen molar-refractivity contribution in [3.05, 3.63) is 57.6 Å². The fourth-order valence-corrected chi connectivity index (χ4v) is 1.96. The lowest BCUT2D eigenvalue weighted by atomic mass is 10.2. The number of hydrazine groups is 1. The Morgan fingerprint density at radius 2 is 2.12 bits per heavy atom. The Bertz CT molecular complexity index is 497. The minimum Gasteiger partial charge on any atom is -0.472 e. The number of amides is 1. The van der Waals surface area contributed by atoms with Crippen molar-refractivity contribution >= 4 is 28.5 Å². The first-order chi connectivity index (χ1) is 8.27. The van der Waals surface area contributed by atoms with Gasteiger partial charge in [0, 0.05) is 15.7 Å². The van der Waals surface area contributed by atoms with E-state index in [0.29, 0.717) is 12.1 Å². The van der Waals surface area contributed by atoms with Crippen LogP contribution >= 0.6 is 22.6 Å². The first-order valence-electron chi connectivity index (χ1n) is 5.06. The fourth-order valence-electron chi connectivity index (χ4n) is 1.33. The van der Waals surface area contributed by atoms with Gasteiger partial charge in [-0.25, -0.2) is 5.43 Å². The third-order valence-corrected chi connectivity index (χ3v) is 3.13. The predicted octanol–water partition coefficient (Wildman–Crippen LogP) is 2.32. The van der Waals surface area contributed by atoms with E-state index in [-0.39, 0.29) is 5.91 Å². The Kier molecular flexibility index (Phi) is 4.16. The van der Waals surface area contributed by atoms with Crippen LogP contribution in [0.3, 0.4) is 0 Å². The molecule has 2 aromatic rings. The Hall–Kier alpha value is -1.34. The number of rotatable bonds is 4. The van der Waals surface area contributed by atoms with Crippen LogP contribution in [0.5, 0.6) is 0 Å². The van der Waals surface area contributed by atoms with Gasteiger partial charge in [0.1, 0.15) is 0 Å². The van der Waals surface area contributed by atoms with E-state index in [4.69, 9.17) is 4.42 Å². The van der Waals surface area contributed by atoms with Crippen LogP contribution in [0, 0.1) is 3.57 Å². The average Bonchev–Trinajstić information content (AvgIpc) is 2.82. The molecule has 0 saturated carbocycles. The van der Waals surface area contributed by atoms with Crippen molar-refractivity contribution < 1.29 is 9.21 Å². The van der Waals surface area contributed by atoms with E-state index in [2.05, 4.69) is 33.4 Å². The highest BCUT2D eigenvalue weighted by Gasteiger charge is 2.07. The van der Waals surface area contributed by atoms with Crippen LogP contribution in [-0.2, 0) is 6.54 Å². The largest absolute Gasteiger partial charge is 0.472 e. The summed E-state index contributed by atoms with van der Waals surface area (Å²) in [6.45, 7) is 0.533. The predicted molar refractivity (Wildman–Crippen MR) is 72.2 cm³/mol. The second-order valence-electron chi connectivity index (χ2n) is 3.42. The summed E-state index contributed by atoms with van der Waals surface area (Å²) in [5, 5.41) is 0. The molecule has 1 heterocycles. The first-order valence-corrected chi connectivity index (χ1v) is 6.14. The van der Waals surface area contributed by atoms with Gasteiger partial charge in [-0.15, -0.1) is 0 Å². The summed E-state index contributed by atoms with van der Waals surface area (Å²) in [5.74, 6) is -0.140. The summed E-state index contributed by atoms with van der Waals surface area (Å²) in [4.78, 5) is 11.8. The third kappa shape index (κ3) is 3.31. The van der Waals surface area contributed by atoms with Crippen molar-refractivity contribution in [2.45, 2.75) is 6.54 Å². The number of carbonyl (C=O) groups is 1. The van der Waals surface area contributed by atoms with Gasteiger partial charge in [0.15, 0.2) is 0 Å². The summed E-state index contributed by atoms with van der Waals surface area (Å²) in [6, 6.07) is 9.26. The molecule has 4 nitrogen and oxygen atoms in total. The zero-order valence-electron chi connectivity index (χ0n) is 8.94. The summed E-state index contributed by atoms with van der Waals surface area (Å²) >= 11 is 2.13. The SMILES string of the molecule is O=C(NNCc1ccoc1)c1ccccc1I. The Labute approximate surface area is 113 Å². The lowest BCUT2D eigenvalue weighted by molar-refractivity contribution is 0.0931. The summed E-state index contributed by atoms with van der Waals surface area (Å²) in [6.07, 6.45) is 3.23. The van der Waals surface area contributed by atoms with E-state index in [1.807, 2.05) is 24.3 Å². The van der Waals surface area contributed by atoms with Crippen molar-refractivity contribution in [3.8, 4) is 0 Å². The van der Waals surface area contributed by atoms with Crippen LogP contribution in [0.25, 0.3) is 0 Å². The normalized spacial score (nSPS) is 10.2. The number of nitrogens with one attached hydrogen (secondary N) is 2. The van der Waals surface area contributed by atoms with Crippen LogP contribution in [0.1, 0.15) is 15.9 Å². The number of halogens is 1. The Morgan fingerprint density at radius 1 is 1.29 bits per heavy atom. The summed E-state index contributed by atoms with van der Waals surface area (Å²) in [7, 11) is 0. The number of hydrogen-bond donors (Lipinski definition) is 2. The van der Waals surface area contributed by atoms with Crippen LogP contribution in [0.4, 0.5) is 0 Å². The number of hydrogen-bond acceptors (Lipinski definition) is 3.